The van der Waals surface area contributed by atoms with Crippen molar-refractivity contribution in [2.75, 3.05) is 13.2 Å². The molecule has 0 spiro atoms. The molecule has 9 heteroatoms. The van der Waals surface area contributed by atoms with Gasteiger partial charge in [-0.2, -0.15) is 0 Å². The number of aromatic nitrogens is 2. The summed E-state index contributed by atoms with van der Waals surface area (Å²) < 4.78 is 17.4. The Hall–Kier alpha value is -0.870. The van der Waals surface area contributed by atoms with Crippen LogP contribution in [0.25, 0.3) is 10.5 Å². The molecule has 2 aromatic heterocycles. The van der Waals surface area contributed by atoms with Gasteiger partial charge in [0.2, 0.25) is 0 Å². The van der Waals surface area contributed by atoms with Crippen molar-refractivity contribution in [1.29, 1.82) is 0 Å². The van der Waals surface area contributed by atoms with E-state index < -0.39 is 0 Å². The second-order valence-corrected chi connectivity index (χ2v) is 12.1. The van der Waals surface area contributed by atoms with Crippen molar-refractivity contribution in [2.24, 2.45) is 0 Å². The van der Waals surface area contributed by atoms with Gasteiger partial charge < -0.3 is 14.6 Å². The van der Waals surface area contributed by atoms with Crippen LogP contribution in [-0.2, 0) is 15.1 Å². The molecule has 0 atom stereocenters. The van der Waals surface area contributed by atoms with E-state index in [-0.39, 0.29) is 17.8 Å². The van der Waals surface area contributed by atoms with E-state index in [1.165, 1.54) is 16.1 Å². The number of allylic oxidation sites excluding steroid dienone is 3. The molecule has 2 fully saturated rings. The maximum atomic E-state index is 9.75. The van der Waals surface area contributed by atoms with Crippen LogP contribution in [-0.4, -0.2) is 46.0 Å². The molecule has 33 heavy (non-hydrogen) atoms. The molecule has 5 rings (SSSR count). The summed E-state index contributed by atoms with van der Waals surface area (Å²) in [6, 6.07) is 0.417. The molecule has 3 aliphatic rings. The molecule has 2 N–H and O–H groups in total. The smallest absolute Gasteiger partial charge is 0.194 e. The molecule has 0 radical (unpaired) electrons. The first-order valence-electron chi connectivity index (χ1n) is 11.7. The number of rotatable bonds is 7. The van der Waals surface area contributed by atoms with Crippen LogP contribution < -0.4 is 4.72 Å². The van der Waals surface area contributed by atoms with Crippen LogP contribution in [0, 0.1) is 6.92 Å². The number of hydrogen-bond donors (Lipinski definition) is 2. The van der Waals surface area contributed by atoms with E-state index in [9.17, 15) is 5.11 Å². The molecule has 0 amide bonds. The van der Waals surface area contributed by atoms with Crippen LogP contribution in [0.1, 0.15) is 68.6 Å². The first-order chi connectivity index (χ1) is 15.8. The predicted octanol–water partition coefficient (Wildman–Crippen LogP) is 5.52. The number of ether oxygens (including phenoxy) is 2. The zero-order valence-electron chi connectivity index (χ0n) is 19.4. The van der Waals surface area contributed by atoms with Gasteiger partial charge in [0, 0.05) is 22.2 Å². The van der Waals surface area contributed by atoms with E-state index >= 15 is 0 Å². The number of aryl methyl sites for hydroxylation is 1. The zero-order chi connectivity index (χ0) is 23.2. The SMILES string of the molecule is Cc1nc2sc(C(C)(C)OC3COC3)cn2c1C1=CC(SN[C@H]2CC[C@@H](O)CC2)=C(Cl)CC1. The number of hydrogen-bond acceptors (Lipinski definition) is 7. The highest BCUT2D eigenvalue weighted by molar-refractivity contribution is 8.01. The van der Waals surface area contributed by atoms with Gasteiger partial charge in [0.05, 0.1) is 41.2 Å². The lowest BCUT2D eigenvalue weighted by molar-refractivity contribution is -0.184. The van der Waals surface area contributed by atoms with Crippen molar-refractivity contribution in [3.05, 3.63) is 38.5 Å². The molecule has 1 saturated carbocycles. The van der Waals surface area contributed by atoms with Crippen LogP contribution in [0.3, 0.4) is 0 Å². The highest BCUT2D eigenvalue weighted by atomic mass is 35.5. The van der Waals surface area contributed by atoms with E-state index in [1.54, 1.807) is 23.3 Å². The van der Waals surface area contributed by atoms with E-state index in [0.717, 1.165) is 59.1 Å². The average Bonchev–Trinajstić information content (AvgIpc) is 3.29. The number of imidazole rings is 1. The van der Waals surface area contributed by atoms with Crippen LogP contribution in [0.15, 0.2) is 22.2 Å². The Labute approximate surface area is 208 Å². The molecule has 1 saturated heterocycles. The second kappa shape index (κ2) is 9.64. The van der Waals surface area contributed by atoms with Crippen molar-refractivity contribution in [3.8, 4) is 0 Å². The number of nitrogens with zero attached hydrogens (tertiary/aromatic N) is 2. The van der Waals surface area contributed by atoms with E-state index in [4.69, 9.17) is 26.1 Å². The lowest BCUT2D eigenvalue weighted by atomic mass is 9.94. The zero-order valence-corrected chi connectivity index (χ0v) is 21.8. The number of fused-ring (bicyclic) bond motifs is 1. The van der Waals surface area contributed by atoms with Crippen LogP contribution >= 0.6 is 34.9 Å². The maximum absolute atomic E-state index is 9.75. The van der Waals surface area contributed by atoms with Gasteiger partial charge in [0.25, 0.3) is 0 Å². The topological polar surface area (TPSA) is 68.0 Å². The van der Waals surface area contributed by atoms with Crippen molar-refractivity contribution >= 4 is 45.4 Å². The molecule has 0 unspecified atom stereocenters. The monoisotopic (exact) mass is 509 g/mol. The summed E-state index contributed by atoms with van der Waals surface area (Å²) in [5.74, 6) is 0. The van der Waals surface area contributed by atoms with Crippen molar-refractivity contribution < 1.29 is 14.6 Å². The minimum Gasteiger partial charge on any atom is -0.393 e. The van der Waals surface area contributed by atoms with Crippen LogP contribution in [0.2, 0.25) is 0 Å². The van der Waals surface area contributed by atoms with E-state index in [2.05, 4.69) is 42.2 Å². The number of aliphatic hydroxyl groups excluding tert-OH is 1. The van der Waals surface area contributed by atoms with Gasteiger partial charge >= 0.3 is 0 Å². The second-order valence-electron chi connectivity index (χ2n) is 9.75. The summed E-state index contributed by atoms with van der Waals surface area (Å²) in [6.45, 7) is 7.67. The summed E-state index contributed by atoms with van der Waals surface area (Å²) in [7, 11) is 0. The number of halogens is 1. The third kappa shape index (κ3) is 5.08. The summed E-state index contributed by atoms with van der Waals surface area (Å²) in [6.07, 6.45) is 9.91. The first kappa shape index (κ1) is 23.9. The number of aliphatic hydroxyl groups is 1. The quantitative estimate of drug-likeness (QED) is 0.479. The third-order valence-corrected chi connectivity index (χ3v) is 9.51. The Kier molecular flexibility index (Phi) is 6.97. The Morgan fingerprint density at radius 3 is 2.73 bits per heavy atom. The summed E-state index contributed by atoms with van der Waals surface area (Å²) in [4.78, 5) is 8.12. The number of nitrogens with one attached hydrogen (secondary N) is 1. The lowest BCUT2D eigenvalue weighted by Gasteiger charge is -2.34. The molecule has 180 valence electrons. The minimum absolute atomic E-state index is 0.141. The normalized spacial score (nSPS) is 24.9. The standard InChI is InChI=1S/C24H32ClN3O3S2/c1-14-22(28-11-21(32-23(28)26-14)24(2,3)31-18-12-30-13-18)15-4-9-19(25)20(10-15)33-27-16-5-7-17(29)8-6-16/h10-11,16-18,27,29H,4-9,12-13H2,1-3H3/t16-,17+. The Balaban J connectivity index is 1.36. The van der Waals surface area contributed by atoms with Crippen molar-refractivity contribution in [2.45, 2.75) is 83.1 Å². The molecule has 0 bridgehead atoms. The summed E-state index contributed by atoms with van der Waals surface area (Å²) >= 11 is 9.95. The van der Waals surface area contributed by atoms with Gasteiger partial charge in [0.1, 0.15) is 6.10 Å². The molecule has 3 heterocycles. The minimum atomic E-state index is -0.381. The van der Waals surface area contributed by atoms with Gasteiger partial charge in [-0.1, -0.05) is 22.9 Å². The number of thiazole rings is 1. The molecule has 2 aliphatic carbocycles. The average molecular weight is 510 g/mol. The Morgan fingerprint density at radius 2 is 2.03 bits per heavy atom. The van der Waals surface area contributed by atoms with Gasteiger partial charge in [-0.25, -0.2) is 4.98 Å². The first-order valence-corrected chi connectivity index (χ1v) is 13.8. The van der Waals surface area contributed by atoms with Crippen molar-refractivity contribution in [3.63, 3.8) is 0 Å². The third-order valence-electron chi connectivity index (χ3n) is 6.69. The van der Waals surface area contributed by atoms with Gasteiger partial charge in [0.15, 0.2) is 4.96 Å². The molecule has 2 aromatic rings. The van der Waals surface area contributed by atoms with Crippen molar-refractivity contribution in [1.82, 2.24) is 14.1 Å². The Bertz CT molecular complexity index is 1080. The van der Waals surface area contributed by atoms with Gasteiger partial charge in [-0.3, -0.25) is 9.12 Å². The van der Waals surface area contributed by atoms with Gasteiger partial charge in [-0.15, -0.1) is 0 Å². The molecule has 1 aliphatic heterocycles. The fraction of sp³-hybridized carbons (Fsp3) is 0.625. The maximum Gasteiger partial charge on any atom is 0.194 e. The van der Waals surface area contributed by atoms with Crippen LogP contribution in [0.4, 0.5) is 0 Å². The predicted molar refractivity (Wildman–Crippen MR) is 136 cm³/mol. The molecular weight excluding hydrogens is 478 g/mol. The van der Waals surface area contributed by atoms with E-state index in [0.29, 0.717) is 19.3 Å². The summed E-state index contributed by atoms with van der Waals surface area (Å²) in [5, 5.41) is 10.7. The fourth-order valence-electron chi connectivity index (χ4n) is 4.66. The highest BCUT2D eigenvalue weighted by Gasteiger charge is 2.32. The molecule has 6 nitrogen and oxygen atoms in total. The molecule has 0 aromatic carbocycles. The molecular formula is C24H32ClN3O3S2. The van der Waals surface area contributed by atoms with E-state index in [1.807, 2.05) is 0 Å². The summed E-state index contributed by atoms with van der Waals surface area (Å²) in [5.41, 5.74) is 3.09. The Morgan fingerprint density at radius 1 is 1.27 bits per heavy atom. The van der Waals surface area contributed by atoms with Gasteiger partial charge in [-0.05, 0) is 82.9 Å². The fourth-order valence-corrected chi connectivity index (χ4v) is 6.95. The van der Waals surface area contributed by atoms with Crippen LogP contribution in [0.5, 0.6) is 0 Å². The highest BCUT2D eigenvalue weighted by Crippen LogP contribution is 2.40. The largest absolute Gasteiger partial charge is 0.393 e. The lowest BCUT2D eigenvalue weighted by Crippen LogP contribution is -2.41.